The van der Waals surface area contributed by atoms with Gasteiger partial charge in [0, 0.05) is 25.3 Å². The molecule has 0 bridgehead atoms. The van der Waals surface area contributed by atoms with Crippen molar-refractivity contribution < 1.29 is 28.4 Å². The fraction of sp³-hybridized carbons (Fsp3) is 0.444. The average Bonchev–Trinajstić information content (AvgIpc) is 3.02. The van der Waals surface area contributed by atoms with Gasteiger partial charge in [0.1, 0.15) is 23.0 Å². The van der Waals surface area contributed by atoms with E-state index in [9.17, 15) is 0 Å². The Labute approximate surface area is 250 Å². The van der Waals surface area contributed by atoms with Crippen molar-refractivity contribution in [3.05, 3.63) is 60.7 Å². The first-order chi connectivity index (χ1) is 20.7. The summed E-state index contributed by atoms with van der Waals surface area (Å²) in [5.74, 6) is 3.06. The minimum atomic E-state index is 0.122. The lowest BCUT2D eigenvalue weighted by Crippen LogP contribution is -2.04. The van der Waals surface area contributed by atoms with Gasteiger partial charge in [0.05, 0.1) is 13.2 Å². The molecule has 0 aliphatic heterocycles. The molecule has 0 heterocycles. The van der Waals surface area contributed by atoms with Gasteiger partial charge in [-0.25, -0.2) is 0 Å². The van der Waals surface area contributed by atoms with Crippen molar-refractivity contribution in [1.82, 2.24) is 0 Å². The molecule has 0 atom stereocenters. The highest BCUT2D eigenvalue weighted by molar-refractivity contribution is 6.10. The van der Waals surface area contributed by atoms with E-state index in [2.05, 4.69) is 50.2 Å². The van der Waals surface area contributed by atoms with Crippen LogP contribution in [-0.2, 0) is 9.47 Å². The van der Waals surface area contributed by atoms with Crippen LogP contribution in [0.25, 0.3) is 32.7 Å². The van der Waals surface area contributed by atoms with Crippen LogP contribution in [0, 0.1) is 0 Å². The standard InChI is InChI=1S/C36H46O6/c1-5-7-9-11-21-39-29-17-13-27-15-19-33(41-25-37-3)35(31(27)23-29)36-32-24-30(40-22-12-10-8-6-2)18-14-28(32)16-20-34(36)42-26-38-4/h13-20,23-24H,5-12,21-22,25-26H2,1-4H3. The van der Waals surface area contributed by atoms with E-state index >= 15 is 0 Å². The summed E-state index contributed by atoms with van der Waals surface area (Å²) in [6.07, 6.45) is 9.27. The highest BCUT2D eigenvalue weighted by Gasteiger charge is 2.20. The van der Waals surface area contributed by atoms with E-state index in [4.69, 9.17) is 28.4 Å². The van der Waals surface area contributed by atoms with Gasteiger partial charge in [0.15, 0.2) is 13.6 Å². The van der Waals surface area contributed by atoms with E-state index in [0.29, 0.717) is 24.7 Å². The number of ether oxygens (including phenoxy) is 6. The van der Waals surface area contributed by atoms with Crippen LogP contribution in [0.1, 0.15) is 65.2 Å². The van der Waals surface area contributed by atoms with E-state index in [1.165, 1.54) is 38.5 Å². The second-order valence-electron chi connectivity index (χ2n) is 10.6. The summed E-state index contributed by atoms with van der Waals surface area (Å²) in [7, 11) is 3.25. The third-order valence-corrected chi connectivity index (χ3v) is 7.36. The second-order valence-corrected chi connectivity index (χ2v) is 10.6. The largest absolute Gasteiger partial charge is 0.494 e. The molecule has 6 nitrogen and oxygen atoms in total. The number of rotatable bonds is 19. The van der Waals surface area contributed by atoms with Crippen LogP contribution >= 0.6 is 0 Å². The normalized spacial score (nSPS) is 11.2. The SMILES string of the molecule is CCCCCCOc1ccc2ccc(OCOC)c(-c3c(OCOC)ccc4ccc(OCCCCCC)cc34)c2c1. The van der Waals surface area contributed by atoms with Gasteiger partial charge >= 0.3 is 0 Å². The maximum Gasteiger partial charge on any atom is 0.188 e. The van der Waals surface area contributed by atoms with Gasteiger partial charge < -0.3 is 28.4 Å². The number of hydrogen-bond donors (Lipinski definition) is 0. The number of hydrogen-bond acceptors (Lipinski definition) is 6. The zero-order valence-corrected chi connectivity index (χ0v) is 25.7. The molecule has 0 N–H and O–H groups in total. The third-order valence-electron chi connectivity index (χ3n) is 7.36. The molecule has 4 aromatic rings. The fourth-order valence-corrected chi connectivity index (χ4v) is 5.18. The van der Waals surface area contributed by atoms with Crippen molar-refractivity contribution in [2.75, 3.05) is 41.0 Å². The van der Waals surface area contributed by atoms with E-state index in [0.717, 1.165) is 57.0 Å². The lowest BCUT2D eigenvalue weighted by Gasteiger charge is -2.20. The molecule has 0 fully saturated rings. The third kappa shape index (κ3) is 8.30. The Kier molecular flexibility index (Phi) is 12.6. The summed E-state index contributed by atoms with van der Waals surface area (Å²) in [4.78, 5) is 0. The van der Waals surface area contributed by atoms with Crippen LogP contribution in [-0.4, -0.2) is 41.0 Å². The molecule has 0 amide bonds. The molecular weight excluding hydrogens is 528 g/mol. The van der Waals surface area contributed by atoms with Gasteiger partial charge in [0.2, 0.25) is 0 Å². The van der Waals surface area contributed by atoms with E-state index in [-0.39, 0.29) is 13.6 Å². The summed E-state index contributed by atoms with van der Waals surface area (Å²) >= 11 is 0. The van der Waals surface area contributed by atoms with Crippen molar-refractivity contribution in [1.29, 1.82) is 0 Å². The summed E-state index contributed by atoms with van der Waals surface area (Å²) in [6, 6.07) is 20.6. The lowest BCUT2D eigenvalue weighted by atomic mass is 9.92. The molecule has 0 saturated carbocycles. The topological polar surface area (TPSA) is 55.4 Å². The molecule has 0 aliphatic carbocycles. The minimum Gasteiger partial charge on any atom is -0.494 e. The molecule has 0 saturated heterocycles. The highest BCUT2D eigenvalue weighted by Crippen LogP contribution is 2.47. The lowest BCUT2D eigenvalue weighted by molar-refractivity contribution is 0.0502. The number of methoxy groups -OCH3 is 2. The first-order valence-electron chi connectivity index (χ1n) is 15.3. The quantitative estimate of drug-likeness (QED) is 0.0821. The van der Waals surface area contributed by atoms with Gasteiger partial charge in [-0.1, -0.05) is 76.6 Å². The molecule has 4 rings (SSSR count). The Morgan fingerprint density at radius 2 is 0.905 bits per heavy atom. The Hall–Kier alpha value is -3.48. The maximum absolute atomic E-state index is 6.21. The van der Waals surface area contributed by atoms with Crippen molar-refractivity contribution in [3.63, 3.8) is 0 Å². The van der Waals surface area contributed by atoms with Gasteiger partial charge in [-0.3, -0.25) is 0 Å². The smallest absolute Gasteiger partial charge is 0.188 e. The molecule has 0 spiro atoms. The zero-order chi connectivity index (χ0) is 29.6. The van der Waals surface area contributed by atoms with Crippen molar-refractivity contribution in [2.45, 2.75) is 65.2 Å². The molecule has 6 heteroatoms. The van der Waals surface area contributed by atoms with Gasteiger partial charge in [0.25, 0.3) is 0 Å². The van der Waals surface area contributed by atoms with E-state index < -0.39 is 0 Å². The molecule has 42 heavy (non-hydrogen) atoms. The Morgan fingerprint density at radius 3 is 1.31 bits per heavy atom. The van der Waals surface area contributed by atoms with Crippen LogP contribution in [0.15, 0.2) is 60.7 Å². The van der Waals surface area contributed by atoms with Crippen LogP contribution in [0.3, 0.4) is 0 Å². The summed E-state index contributed by atoms with van der Waals surface area (Å²) < 4.78 is 35.4. The Balaban J connectivity index is 1.84. The minimum absolute atomic E-state index is 0.122. The summed E-state index contributed by atoms with van der Waals surface area (Å²) in [5.41, 5.74) is 1.83. The Bertz CT molecular complexity index is 1290. The van der Waals surface area contributed by atoms with Gasteiger partial charge in [-0.05, 0) is 70.8 Å². The molecule has 0 unspecified atom stereocenters. The molecule has 4 aromatic carbocycles. The van der Waals surface area contributed by atoms with Crippen LogP contribution in [0.4, 0.5) is 0 Å². The van der Waals surface area contributed by atoms with Crippen molar-refractivity contribution >= 4 is 21.5 Å². The molecule has 226 valence electrons. The van der Waals surface area contributed by atoms with Gasteiger partial charge in [-0.15, -0.1) is 0 Å². The van der Waals surface area contributed by atoms with Crippen molar-refractivity contribution in [3.8, 4) is 34.1 Å². The second kappa shape index (κ2) is 16.8. The van der Waals surface area contributed by atoms with Crippen LogP contribution in [0.2, 0.25) is 0 Å². The highest BCUT2D eigenvalue weighted by atomic mass is 16.7. The number of benzene rings is 4. The zero-order valence-electron chi connectivity index (χ0n) is 25.7. The predicted octanol–water partition coefficient (Wildman–Crippen LogP) is 9.54. The first kappa shape index (κ1) is 31.5. The monoisotopic (exact) mass is 574 g/mol. The first-order valence-corrected chi connectivity index (χ1v) is 15.3. The van der Waals surface area contributed by atoms with Crippen molar-refractivity contribution in [2.24, 2.45) is 0 Å². The van der Waals surface area contributed by atoms with Crippen LogP contribution in [0.5, 0.6) is 23.0 Å². The maximum atomic E-state index is 6.21. The fourth-order valence-electron chi connectivity index (χ4n) is 5.18. The van der Waals surface area contributed by atoms with Gasteiger partial charge in [-0.2, -0.15) is 0 Å². The van der Waals surface area contributed by atoms with E-state index in [1.54, 1.807) is 14.2 Å². The number of unbranched alkanes of at least 4 members (excludes halogenated alkanes) is 6. The van der Waals surface area contributed by atoms with E-state index in [1.807, 2.05) is 24.3 Å². The molecule has 0 aliphatic rings. The summed E-state index contributed by atoms with van der Waals surface area (Å²) in [6.45, 7) is 6.06. The summed E-state index contributed by atoms with van der Waals surface area (Å²) in [5, 5.41) is 4.17. The average molecular weight is 575 g/mol. The predicted molar refractivity (Wildman–Crippen MR) is 171 cm³/mol. The number of fused-ring (bicyclic) bond motifs is 2. The molecule has 0 aromatic heterocycles. The van der Waals surface area contributed by atoms with Crippen LogP contribution < -0.4 is 18.9 Å². The Morgan fingerprint density at radius 1 is 0.476 bits per heavy atom. The molecule has 0 radical (unpaired) electrons. The molecular formula is C36H46O6.